The van der Waals surface area contributed by atoms with Gasteiger partial charge in [0.2, 0.25) is 5.91 Å². The Hall–Kier alpha value is -1.89. The van der Waals surface area contributed by atoms with Crippen LogP contribution in [0.25, 0.3) is 10.9 Å². The number of hydrogen-bond acceptors (Lipinski definition) is 4. The number of benzene rings is 1. The fourth-order valence-electron chi connectivity index (χ4n) is 1.84. The maximum Gasteiger partial charge on any atom is 0.259 e. The molecule has 2 aromatic rings. The summed E-state index contributed by atoms with van der Waals surface area (Å²) in [5.74, 6) is -0.627. The van der Waals surface area contributed by atoms with Gasteiger partial charge < -0.3 is 10.3 Å². The van der Waals surface area contributed by atoms with Gasteiger partial charge in [0, 0.05) is 5.54 Å². The van der Waals surface area contributed by atoms with E-state index in [0.29, 0.717) is 10.7 Å². The zero-order valence-corrected chi connectivity index (χ0v) is 13.7. The van der Waals surface area contributed by atoms with Crippen LogP contribution in [-0.4, -0.2) is 26.7 Å². The number of carbonyl (C=O) groups excluding carboxylic acids is 1. The summed E-state index contributed by atoms with van der Waals surface area (Å²) in [6.45, 7) is 7.42. The smallest absolute Gasteiger partial charge is 0.259 e. The van der Waals surface area contributed by atoms with Gasteiger partial charge in [-0.2, -0.15) is 0 Å². The van der Waals surface area contributed by atoms with Crippen LogP contribution >= 0.6 is 11.8 Å². The number of nitrogens with one attached hydrogen (secondary N) is 2. The number of rotatable bonds is 3. The van der Waals surface area contributed by atoms with Crippen molar-refractivity contribution in [1.29, 1.82) is 0 Å². The number of halogens is 1. The van der Waals surface area contributed by atoms with E-state index in [-0.39, 0.29) is 16.8 Å². The Bertz CT molecular complexity index is 767. The topological polar surface area (TPSA) is 74.8 Å². The zero-order chi connectivity index (χ0) is 16.5. The minimum atomic E-state index is -0.488. The molecule has 5 nitrogen and oxygen atoms in total. The van der Waals surface area contributed by atoms with E-state index in [2.05, 4.69) is 15.3 Å². The third-order valence-corrected chi connectivity index (χ3v) is 3.79. The quantitative estimate of drug-likeness (QED) is 0.672. The molecule has 1 atom stereocenters. The predicted molar refractivity (Wildman–Crippen MR) is 85.5 cm³/mol. The van der Waals surface area contributed by atoms with E-state index in [9.17, 15) is 14.0 Å². The normalized spacial score (nSPS) is 13.1. The van der Waals surface area contributed by atoms with Gasteiger partial charge in [-0.05, 0) is 45.9 Å². The second-order valence-electron chi connectivity index (χ2n) is 6.03. The third kappa shape index (κ3) is 4.07. The highest BCUT2D eigenvalue weighted by Gasteiger charge is 2.21. The summed E-state index contributed by atoms with van der Waals surface area (Å²) in [5.41, 5.74) is -0.347. The number of fused-ring (bicyclic) bond motifs is 1. The second-order valence-corrected chi connectivity index (χ2v) is 7.36. The fourth-order valence-corrected chi connectivity index (χ4v) is 2.64. The molecule has 22 heavy (non-hydrogen) atoms. The summed E-state index contributed by atoms with van der Waals surface area (Å²) in [4.78, 5) is 30.8. The van der Waals surface area contributed by atoms with Crippen molar-refractivity contribution in [2.24, 2.45) is 0 Å². The lowest BCUT2D eigenvalue weighted by molar-refractivity contribution is -0.121. The molecular formula is C15H18FN3O2S. The summed E-state index contributed by atoms with van der Waals surface area (Å²) in [7, 11) is 0. The van der Waals surface area contributed by atoms with E-state index >= 15 is 0 Å². The first kappa shape index (κ1) is 16.5. The number of aromatic amines is 1. The third-order valence-electron chi connectivity index (χ3n) is 2.80. The Morgan fingerprint density at radius 1 is 1.41 bits per heavy atom. The molecule has 0 spiro atoms. The van der Waals surface area contributed by atoms with Gasteiger partial charge in [0.1, 0.15) is 5.82 Å². The minimum Gasteiger partial charge on any atom is -0.351 e. The van der Waals surface area contributed by atoms with E-state index < -0.39 is 16.6 Å². The van der Waals surface area contributed by atoms with Crippen LogP contribution in [0.2, 0.25) is 0 Å². The highest BCUT2D eigenvalue weighted by molar-refractivity contribution is 8.00. The highest BCUT2D eigenvalue weighted by atomic mass is 32.2. The fraction of sp³-hybridized carbons (Fsp3) is 0.400. The molecule has 0 fully saturated rings. The Balaban J connectivity index is 2.23. The number of amides is 1. The summed E-state index contributed by atoms with van der Waals surface area (Å²) in [5, 5.41) is 2.98. The lowest BCUT2D eigenvalue weighted by atomic mass is 10.1. The minimum absolute atomic E-state index is 0.139. The van der Waals surface area contributed by atoms with E-state index in [4.69, 9.17) is 0 Å². The van der Waals surface area contributed by atoms with Crippen molar-refractivity contribution in [3.05, 3.63) is 34.4 Å². The molecule has 0 aliphatic carbocycles. The van der Waals surface area contributed by atoms with Crippen LogP contribution in [0.15, 0.2) is 28.2 Å². The van der Waals surface area contributed by atoms with Crippen molar-refractivity contribution in [3.63, 3.8) is 0 Å². The number of thioether (sulfide) groups is 1. The van der Waals surface area contributed by atoms with Gasteiger partial charge in [-0.1, -0.05) is 11.8 Å². The molecule has 1 amide bonds. The van der Waals surface area contributed by atoms with E-state index in [1.807, 2.05) is 20.8 Å². The average Bonchev–Trinajstić information content (AvgIpc) is 2.37. The van der Waals surface area contributed by atoms with Crippen molar-refractivity contribution in [3.8, 4) is 0 Å². The first-order valence-corrected chi connectivity index (χ1v) is 7.72. The van der Waals surface area contributed by atoms with Gasteiger partial charge >= 0.3 is 0 Å². The van der Waals surface area contributed by atoms with Crippen LogP contribution in [0.3, 0.4) is 0 Å². The van der Waals surface area contributed by atoms with Crippen molar-refractivity contribution in [2.75, 3.05) is 0 Å². The summed E-state index contributed by atoms with van der Waals surface area (Å²) in [6.07, 6.45) is 0. The van der Waals surface area contributed by atoms with Crippen LogP contribution in [0, 0.1) is 5.82 Å². The number of carbonyl (C=O) groups is 1. The molecule has 1 aromatic heterocycles. The first-order valence-electron chi connectivity index (χ1n) is 6.84. The summed E-state index contributed by atoms with van der Waals surface area (Å²) >= 11 is 1.15. The monoisotopic (exact) mass is 323 g/mol. The van der Waals surface area contributed by atoms with Gasteiger partial charge in [-0.15, -0.1) is 0 Å². The SMILES string of the molecule is CC(Sc1nc2ccc(F)cc2c(=O)[nH]1)C(=O)NC(C)(C)C. The van der Waals surface area contributed by atoms with Crippen molar-refractivity contribution in [1.82, 2.24) is 15.3 Å². The lowest BCUT2D eigenvalue weighted by Crippen LogP contribution is -2.44. The van der Waals surface area contributed by atoms with Crippen molar-refractivity contribution >= 4 is 28.6 Å². The highest BCUT2D eigenvalue weighted by Crippen LogP contribution is 2.21. The molecule has 118 valence electrons. The van der Waals surface area contributed by atoms with Crippen molar-refractivity contribution in [2.45, 2.75) is 43.6 Å². The maximum absolute atomic E-state index is 13.2. The second kappa shape index (κ2) is 6.08. The molecule has 0 aliphatic rings. The first-order chi connectivity index (χ1) is 10.2. The van der Waals surface area contributed by atoms with Crippen LogP contribution < -0.4 is 10.9 Å². The number of aromatic nitrogens is 2. The Kier molecular flexibility index (Phi) is 4.55. The molecule has 0 saturated heterocycles. The van der Waals surface area contributed by atoms with Gasteiger partial charge in [-0.25, -0.2) is 9.37 Å². The molecule has 1 aromatic carbocycles. The largest absolute Gasteiger partial charge is 0.351 e. The molecule has 1 heterocycles. The number of nitrogens with zero attached hydrogens (tertiary/aromatic N) is 1. The standard InChI is InChI=1S/C15H18FN3O2S/c1-8(12(20)19-15(2,3)4)22-14-17-11-6-5-9(16)7-10(11)13(21)18-14/h5-8H,1-4H3,(H,19,20)(H,17,18,21). The molecule has 7 heteroatoms. The van der Waals surface area contributed by atoms with Gasteiger partial charge in [-0.3, -0.25) is 9.59 Å². The Morgan fingerprint density at radius 3 is 2.73 bits per heavy atom. The average molecular weight is 323 g/mol. The molecule has 0 bridgehead atoms. The van der Waals surface area contributed by atoms with Gasteiger partial charge in [0.25, 0.3) is 5.56 Å². The molecule has 2 N–H and O–H groups in total. The molecule has 0 saturated carbocycles. The van der Waals surface area contributed by atoms with Crippen LogP contribution in [0.5, 0.6) is 0 Å². The maximum atomic E-state index is 13.2. The van der Waals surface area contributed by atoms with Gasteiger partial charge in [0.05, 0.1) is 16.2 Å². The Morgan fingerprint density at radius 2 is 2.09 bits per heavy atom. The number of hydrogen-bond donors (Lipinski definition) is 2. The molecule has 0 aliphatic heterocycles. The van der Waals surface area contributed by atoms with E-state index in [1.54, 1.807) is 6.92 Å². The molecular weight excluding hydrogens is 305 g/mol. The molecule has 1 unspecified atom stereocenters. The van der Waals surface area contributed by atoms with Crippen LogP contribution in [0.1, 0.15) is 27.7 Å². The summed E-state index contributed by atoms with van der Waals surface area (Å²) < 4.78 is 13.2. The van der Waals surface area contributed by atoms with Crippen LogP contribution in [-0.2, 0) is 4.79 Å². The van der Waals surface area contributed by atoms with Gasteiger partial charge in [0.15, 0.2) is 5.16 Å². The summed E-state index contributed by atoms with van der Waals surface area (Å²) in [6, 6.07) is 3.84. The zero-order valence-electron chi connectivity index (χ0n) is 12.9. The van der Waals surface area contributed by atoms with E-state index in [1.165, 1.54) is 12.1 Å². The Labute approximate surface area is 131 Å². The number of H-pyrrole nitrogens is 1. The van der Waals surface area contributed by atoms with E-state index in [0.717, 1.165) is 17.8 Å². The predicted octanol–water partition coefficient (Wildman–Crippen LogP) is 2.46. The van der Waals surface area contributed by atoms with Crippen molar-refractivity contribution < 1.29 is 9.18 Å². The molecule has 2 rings (SSSR count). The molecule has 0 radical (unpaired) electrons. The lowest BCUT2D eigenvalue weighted by Gasteiger charge is -2.22. The van der Waals surface area contributed by atoms with Crippen LogP contribution in [0.4, 0.5) is 4.39 Å².